The summed E-state index contributed by atoms with van der Waals surface area (Å²) in [6, 6.07) is 49.1. The van der Waals surface area contributed by atoms with Crippen molar-refractivity contribution in [1.82, 2.24) is 0 Å². The van der Waals surface area contributed by atoms with Crippen LogP contribution in [0.25, 0.3) is 0 Å². The number of hydrogen-bond donors (Lipinski definition) is 0. The van der Waals surface area contributed by atoms with Crippen LogP contribution in [0.2, 0.25) is 5.02 Å². The third-order valence-corrected chi connectivity index (χ3v) is 11.0. The van der Waals surface area contributed by atoms with Gasteiger partial charge in [0.05, 0.1) is 0 Å². The predicted molar refractivity (Wildman–Crippen MR) is 151 cm³/mol. The molecule has 5 rings (SSSR count). The van der Waals surface area contributed by atoms with Crippen LogP contribution < -0.4 is 20.7 Å². The SMILES string of the molecule is Clc1ccccc1COc1ccccc1C[P+](c1ccccc1)(c1ccccc1)c1ccccc1. The van der Waals surface area contributed by atoms with Crippen LogP contribution >= 0.6 is 18.9 Å². The van der Waals surface area contributed by atoms with Gasteiger partial charge in [0.25, 0.3) is 0 Å². The van der Waals surface area contributed by atoms with Crippen molar-refractivity contribution >= 4 is 34.8 Å². The van der Waals surface area contributed by atoms with Crippen LogP contribution in [0.1, 0.15) is 11.1 Å². The summed E-state index contributed by atoms with van der Waals surface area (Å²) >= 11 is 6.40. The summed E-state index contributed by atoms with van der Waals surface area (Å²) in [4.78, 5) is 0. The van der Waals surface area contributed by atoms with Crippen molar-refractivity contribution in [3.05, 3.63) is 156 Å². The van der Waals surface area contributed by atoms with Gasteiger partial charge in [-0.15, -0.1) is 0 Å². The maximum Gasteiger partial charge on any atom is 0.126 e. The van der Waals surface area contributed by atoms with Gasteiger partial charge < -0.3 is 4.74 Å². The van der Waals surface area contributed by atoms with Crippen LogP contribution in [0.3, 0.4) is 0 Å². The zero-order chi connectivity index (χ0) is 23.9. The van der Waals surface area contributed by atoms with E-state index in [0.717, 1.165) is 22.5 Å². The predicted octanol–water partition coefficient (Wildman–Crippen LogP) is 7.41. The van der Waals surface area contributed by atoms with Crippen LogP contribution in [0.4, 0.5) is 0 Å². The summed E-state index contributed by atoms with van der Waals surface area (Å²) < 4.78 is 6.39. The number of ether oxygens (including phenoxy) is 1. The number of hydrogen-bond acceptors (Lipinski definition) is 1. The summed E-state index contributed by atoms with van der Waals surface area (Å²) in [5.74, 6) is 0.902. The van der Waals surface area contributed by atoms with Crippen molar-refractivity contribution in [2.45, 2.75) is 12.8 Å². The Morgan fingerprint density at radius 1 is 0.486 bits per heavy atom. The molecule has 35 heavy (non-hydrogen) atoms. The molecule has 5 aromatic rings. The van der Waals surface area contributed by atoms with Gasteiger partial charge in [-0.3, -0.25) is 0 Å². The third-order valence-electron chi connectivity index (χ3n) is 6.31. The lowest BCUT2D eigenvalue weighted by atomic mass is 10.2. The Kier molecular flexibility index (Phi) is 7.28. The fraction of sp³-hybridized carbons (Fsp3) is 0.0625. The molecule has 0 amide bonds. The van der Waals surface area contributed by atoms with Crippen molar-refractivity contribution in [3.8, 4) is 5.75 Å². The number of halogens is 1. The number of rotatable bonds is 8. The average molecular weight is 494 g/mol. The Bertz CT molecular complexity index is 1270. The first-order valence-corrected chi connectivity index (χ1v) is 14.1. The van der Waals surface area contributed by atoms with Crippen molar-refractivity contribution in [2.24, 2.45) is 0 Å². The van der Waals surface area contributed by atoms with E-state index in [4.69, 9.17) is 16.3 Å². The monoisotopic (exact) mass is 493 g/mol. The lowest BCUT2D eigenvalue weighted by Crippen LogP contribution is -2.32. The van der Waals surface area contributed by atoms with Gasteiger partial charge in [0, 0.05) is 16.1 Å². The molecule has 1 nitrogen and oxygen atoms in total. The topological polar surface area (TPSA) is 9.23 Å². The summed E-state index contributed by atoms with van der Waals surface area (Å²) in [5, 5.41) is 4.81. The smallest absolute Gasteiger partial charge is 0.126 e. The molecule has 0 saturated carbocycles. The van der Waals surface area contributed by atoms with E-state index in [1.165, 1.54) is 21.5 Å². The normalized spacial score (nSPS) is 11.2. The molecule has 0 aromatic heterocycles. The first-order chi connectivity index (χ1) is 17.3. The van der Waals surface area contributed by atoms with Gasteiger partial charge in [0.15, 0.2) is 0 Å². The van der Waals surface area contributed by atoms with E-state index in [1.54, 1.807) is 0 Å². The number of benzene rings is 5. The average Bonchev–Trinajstić information content (AvgIpc) is 2.93. The van der Waals surface area contributed by atoms with E-state index in [9.17, 15) is 0 Å². The zero-order valence-corrected chi connectivity index (χ0v) is 21.1. The minimum Gasteiger partial charge on any atom is -0.488 e. The third kappa shape index (κ3) is 5.03. The largest absolute Gasteiger partial charge is 0.488 e. The quantitative estimate of drug-likeness (QED) is 0.204. The highest BCUT2D eigenvalue weighted by Gasteiger charge is 2.45. The second-order valence-electron chi connectivity index (χ2n) is 8.46. The fourth-order valence-electron chi connectivity index (χ4n) is 4.57. The van der Waals surface area contributed by atoms with E-state index in [0.29, 0.717) is 6.61 Å². The maximum absolute atomic E-state index is 6.40. The lowest BCUT2D eigenvalue weighted by molar-refractivity contribution is 0.304. The molecule has 172 valence electrons. The standard InChI is InChI=1S/C32H27ClOP/c33-31-22-12-10-14-26(31)24-34-32-23-13-11-15-27(32)25-35(28-16-4-1-5-17-28,29-18-6-2-7-19-29)30-20-8-3-9-21-30/h1-23H,24-25H2/q+1. The molecule has 0 aliphatic rings. The van der Waals surface area contributed by atoms with Gasteiger partial charge in [-0.25, -0.2) is 0 Å². The van der Waals surface area contributed by atoms with Gasteiger partial charge in [0.1, 0.15) is 41.7 Å². The molecule has 0 atom stereocenters. The Labute approximate surface area is 213 Å². The second-order valence-corrected chi connectivity index (χ2v) is 12.4. The molecule has 0 aliphatic carbocycles. The van der Waals surface area contributed by atoms with Gasteiger partial charge in [-0.2, -0.15) is 0 Å². The highest BCUT2D eigenvalue weighted by molar-refractivity contribution is 7.95. The Morgan fingerprint density at radius 3 is 1.43 bits per heavy atom. The molecule has 0 spiro atoms. The fourth-order valence-corrected chi connectivity index (χ4v) is 9.02. The second kappa shape index (κ2) is 10.9. The van der Waals surface area contributed by atoms with Crippen LogP contribution in [0, 0.1) is 0 Å². The van der Waals surface area contributed by atoms with E-state index in [-0.39, 0.29) is 0 Å². The van der Waals surface area contributed by atoms with E-state index >= 15 is 0 Å². The van der Waals surface area contributed by atoms with Crippen molar-refractivity contribution in [3.63, 3.8) is 0 Å². The molecular formula is C32H27ClOP+. The summed E-state index contributed by atoms with van der Waals surface area (Å²) in [6.07, 6.45) is 0.865. The Hall–Kier alpha value is -3.38. The summed E-state index contributed by atoms with van der Waals surface area (Å²) in [7, 11) is -2.01. The maximum atomic E-state index is 6.40. The molecular weight excluding hydrogens is 467 g/mol. The summed E-state index contributed by atoms with van der Waals surface area (Å²) in [5.41, 5.74) is 2.18. The first-order valence-electron chi connectivity index (χ1n) is 11.8. The van der Waals surface area contributed by atoms with Crippen molar-refractivity contribution in [1.29, 1.82) is 0 Å². The summed E-state index contributed by atoms with van der Waals surface area (Å²) in [6.45, 7) is 0.435. The van der Waals surface area contributed by atoms with Gasteiger partial charge in [-0.05, 0) is 48.5 Å². The molecule has 3 heteroatoms. The van der Waals surface area contributed by atoms with E-state index in [2.05, 4.69) is 109 Å². The van der Waals surface area contributed by atoms with Gasteiger partial charge >= 0.3 is 0 Å². The van der Waals surface area contributed by atoms with Gasteiger partial charge in [0.2, 0.25) is 0 Å². The lowest BCUT2D eigenvalue weighted by Gasteiger charge is -2.28. The van der Waals surface area contributed by atoms with E-state index < -0.39 is 7.26 Å². The molecule has 0 fully saturated rings. The molecule has 0 saturated heterocycles. The molecule has 0 radical (unpaired) electrons. The minimum absolute atomic E-state index is 0.435. The molecule has 0 N–H and O–H groups in total. The van der Waals surface area contributed by atoms with E-state index in [1.807, 2.05) is 30.3 Å². The highest BCUT2D eigenvalue weighted by atomic mass is 35.5. The Balaban J connectivity index is 1.62. The zero-order valence-electron chi connectivity index (χ0n) is 19.4. The highest BCUT2D eigenvalue weighted by Crippen LogP contribution is 2.59. The molecule has 0 heterocycles. The van der Waals surface area contributed by atoms with Crippen molar-refractivity contribution in [2.75, 3.05) is 0 Å². The molecule has 0 aliphatic heterocycles. The van der Waals surface area contributed by atoms with Crippen molar-refractivity contribution < 1.29 is 4.74 Å². The van der Waals surface area contributed by atoms with Crippen LogP contribution in [-0.4, -0.2) is 0 Å². The number of para-hydroxylation sites is 1. The first kappa shape index (κ1) is 23.4. The van der Waals surface area contributed by atoms with Crippen LogP contribution in [0.5, 0.6) is 5.75 Å². The Morgan fingerprint density at radius 2 is 0.914 bits per heavy atom. The molecule has 5 aromatic carbocycles. The van der Waals surface area contributed by atoms with Crippen LogP contribution in [-0.2, 0) is 12.8 Å². The molecule has 0 bridgehead atoms. The minimum atomic E-state index is -2.01. The van der Waals surface area contributed by atoms with Gasteiger partial charge in [-0.1, -0.05) is 103 Å². The van der Waals surface area contributed by atoms with Crippen LogP contribution in [0.15, 0.2) is 140 Å². The molecule has 0 unspecified atom stereocenters.